The van der Waals surface area contributed by atoms with Gasteiger partial charge in [0, 0.05) is 16.1 Å². The smallest absolute Gasteiger partial charge is 0.119 e. The van der Waals surface area contributed by atoms with E-state index in [2.05, 4.69) is 35.2 Å². The SMILES string of the molecule is Oc1ccc2c(Cc3ccc(OCCN4CCCCC4)cc3)c(C3CCCC3)sc2c1. The van der Waals surface area contributed by atoms with Crippen molar-refractivity contribution in [3.8, 4) is 11.5 Å². The molecule has 1 N–H and O–H groups in total. The molecule has 0 radical (unpaired) electrons. The minimum Gasteiger partial charge on any atom is -0.508 e. The Morgan fingerprint density at radius 3 is 2.48 bits per heavy atom. The number of piperidine rings is 1. The van der Waals surface area contributed by atoms with Gasteiger partial charge in [-0.3, -0.25) is 4.90 Å². The zero-order valence-corrected chi connectivity index (χ0v) is 19.1. The number of aromatic hydroxyl groups is 1. The second-order valence-electron chi connectivity index (χ2n) is 9.18. The molecule has 0 amide bonds. The van der Waals surface area contributed by atoms with Gasteiger partial charge in [0.15, 0.2) is 0 Å². The fourth-order valence-corrected chi connectivity index (χ4v) is 6.67. The number of hydrogen-bond acceptors (Lipinski definition) is 4. The molecule has 3 nitrogen and oxygen atoms in total. The number of rotatable bonds is 7. The normalized spacial score (nSPS) is 18.1. The van der Waals surface area contributed by atoms with Crippen LogP contribution in [-0.4, -0.2) is 36.2 Å². The second kappa shape index (κ2) is 9.62. The van der Waals surface area contributed by atoms with Gasteiger partial charge in [-0.1, -0.05) is 31.4 Å². The van der Waals surface area contributed by atoms with Gasteiger partial charge in [-0.2, -0.15) is 0 Å². The largest absolute Gasteiger partial charge is 0.508 e. The van der Waals surface area contributed by atoms with Crippen LogP contribution in [0.5, 0.6) is 11.5 Å². The molecule has 0 unspecified atom stereocenters. The predicted octanol–water partition coefficient (Wildman–Crippen LogP) is 6.72. The maximum absolute atomic E-state index is 9.96. The molecule has 4 heteroatoms. The minimum absolute atomic E-state index is 0.365. The van der Waals surface area contributed by atoms with Crippen molar-refractivity contribution in [2.45, 2.75) is 57.3 Å². The van der Waals surface area contributed by atoms with Crippen LogP contribution in [0.1, 0.15) is 66.9 Å². The van der Waals surface area contributed by atoms with Crippen molar-refractivity contribution < 1.29 is 9.84 Å². The maximum Gasteiger partial charge on any atom is 0.119 e. The molecular weight excluding hydrogens is 402 g/mol. The Morgan fingerprint density at radius 2 is 1.71 bits per heavy atom. The maximum atomic E-state index is 9.96. The van der Waals surface area contributed by atoms with Crippen molar-refractivity contribution >= 4 is 21.4 Å². The van der Waals surface area contributed by atoms with Gasteiger partial charge in [-0.15, -0.1) is 11.3 Å². The van der Waals surface area contributed by atoms with Crippen LogP contribution in [0.2, 0.25) is 0 Å². The highest BCUT2D eigenvalue weighted by Gasteiger charge is 2.24. The van der Waals surface area contributed by atoms with Crippen LogP contribution in [0.25, 0.3) is 10.1 Å². The number of nitrogens with zero attached hydrogens (tertiary/aromatic N) is 1. The van der Waals surface area contributed by atoms with E-state index in [0.29, 0.717) is 11.7 Å². The Kier molecular flexibility index (Phi) is 6.47. The summed E-state index contributed by atoms with van der Waals surface area (Å²) in [5, 5.41) is 11.3. The third kappa shape index (κ3) is 4.91. The molecule has 2 aliphatic rings. The number of thiophene rings is 1. The summed E-state index contributed by atoms with van der Waals surface area (Å²) in [7, 11) is 0. The third-order valence-electron chi connectivity index (χ3n) is 6.96. The second-order valence-corrected chi connectivity index (χ2v) is 10.3. The summed E-state index contributed by atoms with van der Waals surface area (Å²) in [5.74, 6) is 2.02. The lowest BCUT2D eigenvalue weighted by molar-refractivity contribution is 0.183. The molecule has 1 saturated carbocycles. The summed E-state index contributed by atoms with van der Waals surface area (Å²) in [4.78, 5) is 4.06. The molecule has 0 spiro atoms. The van der Waals surface area contributed by atoms with Gasteiger partial charge in [0.2, 0.25) is 0 Å². The van der Waals surface area contributed by atoms with E-state index in [9.17, 15) is 5.11 Å². The fourth-order valence-electron chi connectivity index (χ4n) is 5.24. The Morgan fingerprint density at radius 1 is 0.935 bits per heavy atom. The highest BCUT2D eigenvalue weighted by atomic mass is 32.1. The average Bonchev–Trinajstić information content (AvgIpc) is 3.44. The van der Waals surface area contributed by atoms with Gasteiger partial charge < -0.3 is 9.84 Å². The van der Waals surface area contributed by atoms with Crippen LogP contribution < -0.4 is 4.74 Å². The lowest BCUT2D eigenvalue weighted by atomic mass is 9.95. The molecule has 2 aromatic carbocycles. The van der Waals surface area contributed by atoms with Crippen molar-refractivity contribution in [2.24, 2.45) is 0 Å². The van der Waals surface area contributed by atoms with E-state index in [1.807, 2.05) is 23.5 Å². The van der Waals surface area contributed by atoms with E-state index >= 15 is 0 Å². The van der Waals surface area contributed by atoms with Gasteiger partial charge in [-0.05, 0) is 98.0 Å². The van der Waals surface area contributed by atoms with Gasteiger partial charge in [0.1, 0.15) is 18.1 Å². The third-order valence-corrected chi connectivity index (χ3v) is 8.32. The predicted molar refractivity (Wildman–Crippen MR) is 130 cm³/mol. The number of phenols is 1. The zero-order valence-electron chi connectivity index (χ0n) is 18.3. The zero-order chi connectivity index (χ0) is 21.0. The van der Waals surface area contributed by atoms with Crippen molar-refractivity contribution in [3.05, 3.63) is 58.5 Å². The first-order chi connectivity index (χ1) is 15.3. The van der Waals surface area contributed by atoms with E-state index < -0.39 is 0 Å². The van der Waals surface area contributed by atoms with Crippen LogP contribution in [0.3, 0.4) is 0 Å². The molecule has 1 aliphatic heterocycles. The molecule has 164 valence electrons. The Balaban J connectivity index is 1.28. The van der Waals surface area contributed by atoms with Crippen LogP contribution >= 0.6 is 11.3 Å². The molecule has 5 rings (SSSR count). The molecule has 1 saturated heterocycles. The Hall–Kier alpha value is -2.04. The quantitative estimate of drug-likeness (QED) is 0.447. The number of fused-ring (bicyclic) bond motifs is 1. The summed E-state index contributed by atoms with van der Waals surface area (Å²) in [6.45, 7) is 4.24. The van der Waals surface area contributed by atoms with Crippen LogP contribution in [0.4, 0.5) is 0 Å². The number of benzene rings is 2. The Labute approximate surface area is 189 Å². The summed E-state index contributed by atoms with van der Waals surface area (Å²) < 4.78 is 7.24. The summed E-state index contributed by atoms with van der Waals surface area (Å²) in [6.07, 6.45) is 10.3. The molecule has 2 heterocycles. The number of likely N-dealkylation sites (tertiary alicyclic amines) is 1. The van der Waals surface area contributed by atoms with Crippen molar-refractivity contribution in [1.82, 2.24) is 4.90 Å². The monoisotopic (exact) mass is 435 g/mol. The molecule has 1 aliphatic carbocycles. The standard InChI is InChI=1S/C27H33NO2S/c29-22-10-13-24-25(27(31-26(24)19-22)21-6-2-3-7-21)18-20-8-11-23(12-9-20)30-17-16-28-14-4-1-5-15-28/h8-13,19,21,29H,1-7,14-18H2. The topological polar surface area (TPSA) is 32.7 Å². The molecule has 31 heavy (non-hydrogen) atoms. The van der Waals surface area contributed by atoms with E-state index in [4.69, 9.17) is 4.74 Å². The van der Waals surface area contributed by atoms with E-state index in [-0.39, 0.29) is 0 Å². The number of phenolic OH excluding ortho intramolecular Hbond substituents is 1. The van der Waals surface area contributed by atoms with Gasteiger partial charge in [0.05, 0.1) is 0 Å². The Bertz CT molecular complexity index is 998. The van der Waals surface area contributed by atoms with Gasteiger partial charge >= 0.3 is 0 Å². The lowest BCUT2D eigenvalue weighted by Gasteiger charge is -2.26. The van der Waals surface area contributed by atoms with Crippen LogP contribution in [-0.2, 0) is 6.42 Å². The summed E-state index contributed by atoms with van der Waals surface area (Å²) >= 11 is 1.89. The lowest BCUT2D eigenvalue weighted by Crippen LogP contribution is -2.33. The summed E-state index contributed by atoms with van der Waals surface area (Å²) in [5.41, 5.74) is 2.79. The fraction of sp³-hybridized carbons (Fsp3) is 0.481. The first-order valence-corrected chi connectivity index (χ1v) is 12.8. The molecule has 0 atom stereocenters. The molecule has 3 aromatic rings. The van der Waals surface area contributed by atoms with Crippen molar-refractivity contribution in [1.29, 1.82) is 0 Å². The van der Waals surface area contributed by atoms with Crippen LogP contribution in [0.15, 0.2) is 42.5 Å². The first kappa shape index (κ1) is 20.8. The minimum atomic E-state index is 0.365. The van der Waals surface area contributed by atoms with Gasteiger partial charge in [-0.25, -0.2) is 0 Å². The molecule has 1 aromatic heterocycles. The van der Waals surface area contributed by atoms with Crippen molar-refractivity contribution in [2.75, 3.05) is 26.2 Å². The summed E-state index contributed by atoms with van der Waals surface area (Å²) in [6, 6.07) is 14.6. The van der Waals surface area contributed by atoms with E-state index in [1.165, 1.54) is 79.2 Å². The van der Waals surface area contributed by atoms with E-state index in [0.717, 1.165) is 25.3 Å². The van der Waals surface area contributed by atoms with Gasteiger partial charge in [0.25, 0.3) is 0 Å². The number of hydrogen-bond donors (Lipinski definition) is 1. The molecule has 0 bridgehead atoms. The number of ether oxygens (including phenoxy) is 1. The van der Waals surface area contributed by atoms with Crippen molar-refractivity contribution in [3.63, 3.8) is 0 Å². The first-order valence-electron chi connectivity index (χ1n) is 11.9. The molecule has 2 fully saturated rings. The highest BCUT2D eigenvalue weighted by Crippen LogP contribution is 2.44. The highest BCUT2D eigenvalue weighted by molar-refractivity contribution is 7.19. The van der Waals surface area contributed by atoms with E-state index in [1.54, 1.807) is 4.88 Å². The average molecular weight is 436 g/mol. The van der Waals surface area contributed by atoms with Crippen LogP contribution in [0, 0.1) is 0 Å². The molecular formula is C27H33NO2S.